The van der Waals surface area contributed by atoms with Crippen LogP contribution in [0.4, 0.5) is 0 Å². The SMILES string of the molecule is O=S1CCNC2CCS(=O)(=O)CC21. The van der Waals surface area contributed by atoms with Crippen LogP contribution in [0.1, 0.15) is 6.42 Å². The lowest BCUT2D eigenvalue weighted by Gasteiger charge is -2.35. The molecule has 0 aromatic heterocycles. The van der Waals surface area contributed by atoms with Gasteiger partial charge in [0.15, 0.2) is 9.84 Å². The molecule has 2 aliphatic rings. The molecule has 4 nitrogen and oxygen atoms in total. The molecular formula is C7H13NO3S2. The van der Waals surface area contributed by atoms with E-state index in [1.54, 1.807) is 0 Å². The second-order valence-corrected chi connectivity index (χ2v) is 7.59. The van der Waals surface area contributed by atoms with Crippen molar-refractivity contribution in [3.8, 4) is 0 Å². The van der Waals surface area contributed by atoms with E-state index in [2.05, 4.69) is 5.32 Å². The summed E-state index contributed by atoms with van der Waals surface area (Å²) in [6.07, 6.45) is 0.624. The minimum Gasteiger partial charge on any atom is -0.312 e. The Hall–Kier alpha value is 0.0600. The van der Waals surface area contributed by atoms with Crippen LogP contribution >= 0.6 is 0 Å². The fourth-order valence-electron chi connectivity index (χ4n) is 1.93. The summed E-state index contributed by atoms with van der Waals surface area (Å²) in [5.41, 5.74) is 0. The molecule has 3 atom stereocenters. The molecule has 0 aromatic rings. The molecular weight excluding hydrogens is 210 g/mol. The van der Waals surface area contributed by atoms with Gasteiger partial charge in [0.05, 0.1) is 16.8 Å². The molecule has 2 rings (SSSR count). The van der Waals surface area contributed by atoms with Crippen molar-refractivity contribution < 1.29 is 12.6 Å². The molecule has 2 aliphatic heterocycles. The lowest BCUT2D eigenvalue weighted by molar-refractivity contribution is 0.462. The third-order valence-corrected chi connectivity index (χ3v) is 6.37. The van der Waals surface area contributed by atoms with Gasteiger partial charge in [0, 0.05) is 29.1 Å². The summed E-state index contributed by atoms with van der Waals surface area (Å²) in [4.78, 5) is 0. The molecule has 2 fully saturated rings. The van der Waals surface area contributed by atoms with E-state index < -0.39 is 20.6 Å². The Balaban J connectivity index is 2.19. The van der Waals surface area contributed by atoms with Gasteiger partial charge in [-0.15, -0.1) is 0 Å². The van der Waals surface area contributed by atoms with Gasteiger partial charge in [-0.1, -0.05) is 0 Å². The number of nitrogens with one attached hydrogen (secondary N) is 1. The van der Waals surface area contributed by atoms with Crippen LogP contribution in [-0.2, 0) is 20.6 Å². The summed E-state index contributed by atoms with van der Waals surface area (Å²) in [5.74, 6) is 0.951. The standard InChI is InChI=1S/C7H13NO3S2/c9-12-3-2-8-6-1-4-13(10,11)5-7(6)12/h6-8H,1-5H2. The first-order valence-electron chi connectivity index (χ1n) is 4.39. The van der Waals surface area contributed by atoms with E-state index in [1.165, 1.54) is 0 Å². The van der Waals surface area contributed by atoms with Gasteiger partial charge < -0.3 is 5.32 Å². The maximum atomic E-state index is 11.5. The van der Waals surface area contributed by atoms with Crippen LogP contribution in [0.5, 0.6) is 0 Å². The molecule has 0 spiro atoms. The summed E-state index contributed by atoms with van der Waals surface area (Å²) in [6, 6.07) is 0.165. The first-order chi connectivity index (χ1) is 6.08. The maximum absolute atomic E-state index is 11.5. The predicted octanol–water partition coefficient (Wildman–Crippen LogP) is -1.11. The lowest BCUT2D eigenvalue weighted by atomic mass is 10.1. The smallest absolute Gasteiger partial charge is 0.151 e. The van der Waals surface area contributed by atoms with Gasteiger partial charge in [-0.3, -0.25) is 4.21 Å². The zero-order valence-corrected chi connectivity index (χ0v) is 8.86. The van der Waals surface area contributed by atoms with Crippen LogP contribution in [-0.4, -0.2) is 47.7 Å². The number of rotatable bonds is 0. The highest BCUT2D eigenvalue weighted by Crippen LogP contribution is 2.20. The Labute approximate surface area is 80.5 Å². The molecule has 2 saturated heterocycles. The summed E-state index contributed by atoms with van der Waals surface area (Å²) in [7, 11) is -3.86. The van der Waals surface area contributed by atoms with Gasteiger partial charge in [-0.25, -0.2) is 8.42 Å². The molecule has 0 amide bonds. The van der Waals surface area contributed by atoms with Crippen molar-refractivity contribution in [2.45, 2.75) is 17.7 Å². The first-order valence-corrected chi connectivity index (χ1v) is 7.60. The van der Waals surface area contributed by atoms with Crippen LogP contribution in [0.25, 0.3) is 0 Å². The molecule has 6 heteroatoms. The van der Waals surface area contributed by atoms with E-state index in [0.717, 1.165) is 6.54 Å². The molecule has 3 unspecified atom stereocenters. The molecule has 0 radical (unpaired) electrons. The zero-order chi connectivity index (χ0) is 9.47. The largest absolute Gasteiger partial charge is 0.312 e. The van der Waals surface area contributed by atoms with Crippen molar-refractivity contribution in [2.24, 2.45) is 0 Å². The lowest BCUT2D eigenvalue weighted by Crippen LogP contribution is -2.56. The van der Waals surface area contributed by atoms with Crippen molar-refractivity contribution in [2.75, 3.05) is 23.8 Å². The van der Waals surface area contributed by atoms with Gasteiger partial charge in [0.25, 0.3) is 0 Å². The van der Waals surface area contributed by atoms with Crippen molar-refractivity contribution in [3.05, 3.63) is 0 Å². The molecule has 13 heavy (non-hydrogen) atoms. The highest BCUT2D eigenvalue weighted by Gasteiger charge is 2.38. The second kappa shape index (κ2) is 3.33. The molecule has 0 aromatic carbocycles. The number of hydrogen-bond donors (Lipinski definition) is 1. The molecule has 1 N–H and O–H groups in total. The Morgan fingerprint density at radius 2 is 2.15 bits per heavy atom. The van der Waals surface area contributed by atoms with Crippen LogP contribution in [0.2, 0.25) is 0 Å². The van der Waals surface area contributed by atoms with E-state index >= 15 is 0 Å². The Bertz CT molecular complexity index is 325. The van der Waals surface area contributed by atoms with Crippen LogP contribution in [0, 0.1) is 0 Å². The molecule has 0 saturated carbocycles. The summed E-state index contributed by atoms with van der Waals surface area (Å²) >= 11 is 0. The quantitative estimate of drug-likeness (QED) is 0.566. The topological polar surface area (TPSA) is 63.2 Å². The third kappa shape index (κ3) is 1.94. The minimum atomic E-state index is -2.92. The van der Waals surface area contributed by atoms with Gasteiger partial charge >= 0.3 is 0 Å². The first kappa shape index (κ1) is 9.61. The minimum absolute atomic E-state index is 0.108. The zero-order valence-electron chi connectivity index (χ0n) is 7.23. The fraction of sp³-hybridized carbons (Fsp3) is 1.00. The second-order valence-electron chi connectivity index (χ2n) is 3.59. The Morgan fingerprint density at radius 1 is 1.38 bits per heavy atom. The molecule has 0 aliphatic carbocycles. The Kier molecular flexibility index (Phi) is 2.46. The van der Waals surface area contributed by atoms with Crippen LogP contribution in [0.15, 0.2) is 0 Å². The monoisotopic (exact) mass is 223 g/mol. The average Bonchev–Trinajstić information content (AvgIpc) is 2.06. The molecule has 0 bridgehead atoms. The third-order valence-electron chi connectivity index (χ3n) is 2.65. The van der Waals surface area contributed by atoms with E-state index in [4.69, 9.17) is 0 Å². The summed E-state index contributed by atoms with van der Waals surface area (Å²) < 4.78 is 34.1. The van der Waals surface area contributed by atoms with Gasteiger partial charge in [0.1, 0.15) is 0 Å². The van der Waals surface area contributed by atoms with Gasteiger partial charge in [-0.2, -0.15) is 0 Å². The predicted molar refractivity (Wildman–Crippen MR) is 51.9 cm³/mol. The Morgan fingerprint density at radius 3 is 2.92 bits per heavy atom. The van der Waals surface area contributed by atoms with E-state index in [9.17, 15) is 12.6 Å². The van der Waals surface area contributed by atoms with Gasteiger partial charge in [0.2, 0.25) is 0 Å². The van der Waals surface area contributed by atoms with Crippen LogP contribution in [0.3, 0.4) is 0 Å². The number of fused-ring (bicyclic) bond motifs is 1. The van der Waals surface area contributed by atoms with Crippen molar-refractivity contribution in [3.63, 3.8) is 0 Å². The maximum Gasteiger partial charge on any atom is 0.151 e. The molecule has 76 valence electrons. The van der Waals surface area contributed by atoms with E-state index in [-0.39, 0.29) is 22.8 Å². The highest BCUT2D eigenvalue weighted by atomic mass is 32.2. The summed E-state index contributed by atoms with van der Waals surface area (Å²) in [6.45, 7) is 0.758. The highest BCUT2D eigenvalue weighted by molar-refractivity contribution is 7.93. The molecule has 2 heterocycles. The van der Waals surface area contributed by atoms with E-state index in [1.807, 2.05) is 0 Å². The van der Waals surface area contributed by atoms with Crippen molar-refractivity contribution >= 4 is 20.6 Å². The van der Waals surface area contributed by atoms with Crippen molar-refractivity contribution in [1.82, 2.24) is 5.32 Å². The normalized spacial score (nSPS) is 43.8. The van der Waals surface area contributed by atoms with Gasteiger partial charge in [-0.05, 0) is 6.42 Å². The fourth-order valence-corrected chi connectivity index (χ4v) is 5.89. The van der Waals surface area contributed by atoms with Crippen molar-refractivity contribution in [1.29, 1.82) is 0 Å². The summed E-state index contributed by atoms with van der Waals surface area (Å²) in [5, 5.41) is 3.07. The van der Waals surface area contributed by atoms with E-state index in [0.29, 0.717) is 12.2 Å². The number of sulfone groups is 1. The number of hydrogen-bond acceptors (Lipinski definition) is 4. The average molecular weight is 223 g/mol. The van der Waals surface area contributed by atoms with Crippen LogP contribution < -0.4 is 5.32 Å².